The van der Waals surface area contributed by atoms with E-state index in [0.29, 0.717) is 13.2 Å². The second-order valence-electron chi connectivity index (χ2n) is 5.67. The number of carbonyl (C=O) groups is 3. The number of hydrogen-bond acceptors (Lipinski definition) is 5. The topological polar surface area (TPSA) is 87.7 Å². The van der Waals surface area contributed by atoms with E-state index in [1.54, 1.807) is 13.8 Å². The van der Waals surface area contributed by atoms with Crippen molar-refractivity contribution in [1.82, 2.24) is 15.5 Å². The van der Waals surface area contributed by atoms with Crippen LogP contribution in [0.5, 0.6) is 0 Å². The number of piperazine rings is 1. The van der Waals surface area contributed by atoms with E-state index in [-0.39, 0.29) is 24.4 Å². The summed E-state index contributed by atoms with van der Waals surface area (Å²) in [7, 11) is 0. The average Bonchev–Trinajstić information content (AvgIpc) is 2.82. The Kier molecular flexibility index (Phi) is 4.10. The van der Waals surface area contributed by atoms with Crippen LogP contribution in [0.25, 0.3) is 0 Å². The maximum atomic E-state index is 12.7. The lowest BCUT2D eigenvalue weighted by molar-refractivity contribution is -0.158. The van der Waals surface area contributed by atoms with Gasteiger partial charge >= 0.3 is 0 Å². The van der Waals surface area contributed by atoms with E-state index >= 15 is 0 Å². The zero-order chi connectivity index (χ0) is 14.9. The van der Waals surface area contributed by atoms with Crippen LogP contribution in [0.1, 0.15) is 20.8 Å². The number of rotatable bonds is 3. The van der Waals surface area contributed by atoms with Crippen molar-refractivity contribution in [3.8, 4) is 0 Å². The van der Waals surface area contributed by atoms with Gasteiger partial charge in [-0.2, -0.15) is 0 Å². The first-order chi connectivity index (χ1) is 9.37. The highest BCUT2D eigenvalue weighted by Crippen LogP contribution is 2.24. The summed E-state index contributed by atoms with van der Waals surface area (Å²) < 4.78 is 5.36. The van der Waals surface area contributed by atoms with Gasteiger partial charge in [-0.15, -0.1) is 0 Å². The van der Waals surface area contributed by atoms with Gasteiger partial charge in [0.25, 0.3) is 5.91 Å². The highest BCUT2D eigenvalue weighted by molar-refractivity contribution is 6.06. The van der Waals surface area contributed by atoms with Crippen LogP contribution in [0, 0.1) is 5.92 Å². The van der Waals surface area contributed by atoms with Crippen LogP contribution in [0.4, 0.5) is 0 Å². The lowest BCUT2D eigenvalue weighted by Crippen LogP contribution is -2.67. The molecule has 0 aliphatic carbocycles. The molecule has 0 saturated carbocycles. The molecule has 0 aromatic rings. The molecule has 2 heterocycles. The number of carbonyl (C=O) groups excluding carboxylic acids is 3. The minimum absolute atomic E-state index is 0.0663. The Morgan fingerprint density at radius 3 is 2.80 bits per heavy atom. The fraction of sp³-hybridized carbons (Fsp3) is 0.769. The van der Waals surface area contributed by atoms with Gasteiger partial charge in [-0.25, -0.2) is 0 Å². The van der Waals surface area contributed by atoms with Gasteiger partial charge in [0, 0.05) is 6.04 Å². The summed E-state index contributed by atoms with van der Waals surface area (Å²) in [5.74, 6) is -1.45. The molecule has 0 aromatic carbocycles. The highest BCUT2D eigenvalue weighted by Gasteiger charge is 2.47. The molecule has 0 aromatic heterocycles. The van der Waals surface area contributed by atoms with Gasteiger partial charge in [0.05, 0.1) is 19.1 Å². The molecule has 2 unspecified atom stereocenters. The Hall–Kier alpha value is -1.47. The van der Waals surface area contributed by atoms with E-state index in [9.17, 15) is 14.4 Å². The number of imide groups is 1. The number of likely N-dealkylation sites (N-methyl/N-ethyl adjacent to an activating group) is 1. The van der Waals surface area contributed by atoms with Crippen LogP contribution in [-0.2, 0) is 19.1 Å². The molecule has 2 aliphatic heterocycles. The van der Waals surface area contributed by atoms with E-state index in [4.69, 9.17) is 4.74 Å². The quantitative estimate of drug-likeness (QED) is 0.640. The highest BCUT2D eigenvalue weighted by atomic mass is 16.5. The zero-order valence-electron chi connectivity index (χ0n) is 12.1. The number of ether oxygens (including phenoxy) is 1. The smallest absolute Gasteiger partial charge is 0.252 e. The van der Waals surface area contributed by atoms with E-state index in [0.717, 1.165) is 6.54 Å². The van der Waals surface area contributed by atoms with Crippen LogP contribution in [0.15, 0.2) is 0 Å². The van der Waals surface area contributed by atoms with Crippen molar-refractivity contribution in [2.24, 2.45) is 5.92 Å². The van der Waals surface area contributed by atoms with Crippen molar-refractivity contribution in [3.05, 3.63) is 0 Å². The molecule has 0 spiro atoms. The minimum atomic E-state index is -1.02. The minimum Gasteiger partial charge on any atom is -0.379 e. The zero-order valence-corrected chi connectivity index (χ0v) is 12.1. The fourth-order valence-electron chi connectivity index (χ4n) is 2.60. The van der Waals surface area contributed by atoms with E-state index in [2.05, 4.69) is 10.6 Å². The molecule has 2 aliphatic rings. The van der Waals surface area contributed by atoms with Gasteiger partial charge in [-0.05, 0) is 20.4 Å². The van der Waals surface area contributed by atoms with Crippen LogP contribution in [-0.4, -0.2) is 60.5 Å². The van der Waals surface area contributed by atoms with Crippen molar-refractivity contribution >= 4 is 17.7 Å². The first-order valence-electron chi connectivity index (χ1n) is 6.84. The van der Waals surface area contributed by atoms with Crippen LogP contribution in [0.2, 0.25) is 0 Å². The molecule has 3 amide bonds. The standard InChI is InChI=1S/C13H21N3O4/c1-4-14-9-7-20-6-8(9)11(18)16-5-10(17)15-12(19)13(16,2)3/h8-9,14H,4-7H2,1-3H3,(H,15,17,19). The fourth-order valence-corrected chi connectivity index (χ4v) is 2.60. The van der Waals surface area contributed by atoms with E-state index < -0.39 is 17.4 Å². The lowest BCUT2D eigenvalue weighted by atomic mass is 9.94. The third-order valence-corrected chi connectivity index (χ3v) is 3.92. The summed E-state index contributed by atoms with van der Waals surface area (Å²) in [4.78, 5) is 37.4. The number of amides is 3. The van der Waals surface area contributed by atoms with Crippen molar-refractivity contribution < 1.29 is 19.1 Å². The molecule has 112 valence electrons. The first kappa shape index (κ1) is 14.9. The van der Waals surface area contributed by atoms with Crippen molar-refractivity contribution in [3.63, 3.8) is 0 Å². The molecule has 0 bridgehead atoms. The normalized spacial score (nSPS) is 29.4. The molecule has 2 N–H and O–H groups in total. The predicted molar refractivity (Wildman–Crippen MR) is 70.7 cm³/mol. The molecule has 0 radical (unpaired) electrons. The molecular weight excluding hydrogens is 262 g/mol. The first-order valence-corrected chi connectivity index (χ1v) is 6.84. The molecule has 20 heavy (non-hydrogen) atoms. The van der Waals surface area contributed by atoms with Crippen molar-refractivity contribution in [2.45, 2.75) is 32.4 Å². The summed E-state index contributed by atoms with van der Waals surface area (Å²) in [5.41, 5.74) is -1.02. The second-order valence-corrected chi connectivity index (χ2v) is 5.67. The lowest BCUT2D eigenvalue weighted by Gasteiger charge is -2.41. The van der Waals surface area contributed by atoms with E-state index in [1.807, 2.05) is 6.92 Å². The summed E-state index contributed by atoms with van der Waals surface area (Å²) in [6, 6.07) is -0.0663. The predicted octanol–water partition coefficient (Wildman–Crippen LogP) is -1.13. The maximum absolute atomic E-state index is 12.7. The molecular formula is C13H21N3O4. The van der Waals surface area contributed by atoms with Crippen LogP contribution < -0.4 is 10.6 Å². The summed E-state index contributed by atoms with van der Waals surface area (Å²) in [5, 5.41) is 5.47. The molecule has 7 nitrogen and oxygen atoms in total. The molecule has 2 atom stereocenters. The van der Waals surface area contributed by atoms with E-state index in [1.165, 1.54) is 4.90 Å². The van der Waals surface area contributed by atoms with Gasteiger partial charge in [0.15, 0.2) is 0 Å². The van der Waals surface area contributed by atoms with Gasteiger partial charge in [0.2, 0.25) is 11.8 Å². The second kappa shape index (κ2) is 5.49. The van der Waals surface area contributed by atoms with Crippen LogP contribution >= 0.6 is 0 Å². The Morgan fingerprint density at radius 1 is 1.45 bits per heavy atom. The number of nitrogens with zero attached hydrogens (tertiary/aromatic N) is 1. The molecule has 2 saturated heterocycles. The van der Waals surface area contributed by atoms with Crippen molar-refractivity contribution in [2.75, 3.05) is 26.3 Å². The molecule has 2 rings (SSSR count). The summed E-state index contributed by atoms with van der Waals surface area (Å²) in [6.07, 6.45) is 0. The average molecular weight is 283 g/mol. The maximum Gasteiger partial charge on any atom is 0.252 e. The Balaban J connectivity index is 2.18. The van der Waals surface area contributed by atoms with Crippen molar-refractivity contribution in [1.29, 1.82) is 0 Å². The Bertz CT molecular complexity index is 435. The van der Waals surface area contributed by atoms with Gasteiger partial charge in [0.1, 0.15) is 12.1 Å². The van der Waals surface area contributed by atoms with Gasteiger partial charge < -0.3 is 15.0 Å². The SMILES string of the molecule is CCNC1COCC1C(=O)N1CC(=O)NC(=O)C1(C)C. The van der Waals surface area contributed by atoms with Gasteiger partial charge in [-0.1, -0.05) is 6.92 Å². The third-order valence-electron chi connectivity index (χ3n) is 3.92. The Labute approximate surface area is 118 Å². The number of nitrogens with one attached hydrogen (secondary N) is 2. The van der Waals surface area contributed by atoms with Crippen LogP contribution in [0.3, 0.4) is 0 Å². The molecule has 2 fully saturated rings. The Morgan fingerprint density at radius 2 is 2.15 bits per heavy atom. The monoisotopic (exact) mass is 283 g/mol. The summed E-state index contributed by atoms with van der Waals surface area (Å²) in [6.45, 7) is 6.68. The van der Waals surface area contributed by atoms with Gasteiger partial charge in [-0.3, -0.25) is 19.7 Å². The molecule has 7 heteroatoms. The summed E-state index contributed by atoms with van der Waals surface area (Å²) >= 11 is 0. The number of hydrogen-bond donors (Lipinski definition) is 2. The third kappa shape index (κ3) is 2.55. The largest absolute Gasteiger partial charge is 0.379 e.